The van der Waals surface area contributed by atoms with E-state index < -0.39 is 0 Å². The first-order chi connectivity index (χ1) is 7.19. The summed E-state index contributed by atoms with van der Waals surface area (Å²) in [6.07, 6.45) is 3.26. The topological polar surface area (TPSA) is 35.2 Å². The molecule has 90 valence electrons. The third-order valence-electron chi connectivity index (χ3n) is 2.29. The standard InChI is InChI=1S/C12H16FNO.ClH/c1-3-4-5-12(14)10-7-6-9(15-2)8-11(10)13;/h3,6-8,12H,1,4-5,14H2,2H3;1H/t12-;/m0./s1. The average Bonchev–Trinajstić information content (AvgIpc) is 2.25. The average molecular weight is 246 g/mol. The number of rotatable bonds is 5. The summed E-state index contributed by atoms with van der Waals surface area (Å²) < 4.78 is 18.4. The van der Waals surface area contributed by atoms with Crippen molar-refractivity contribution in [2.75, 3.05) is 7.11 Å². The van der Waals surface area contributed by atoms with Gasteiger partial charge in [0.15, 0.2) is 0 Å². The van der Waals surface area contributed by atoms with E-state index in [0.717, 1.165) is 6.42 Å². The highest BCUT2D eigenvalue weighted by Gasteiger charge is 2.11. The van der Waals surface area contributed by atoms with Gasteiger partial charge in [-0.15, -0.1) is 19.0 Å². The van der Waals surface area contributed by atoms with E-state index in [1.54, 1.807) is 18.2 Å². The number of nitrogens with two attached hydrogens (primary N) is 1. The second-order valence-electron chi connectivity index (χ2n) is 3.36. The van der Waals surface area contributed by atoms with Crippen molar-refractivity contribution < 1.29 is 9.13 Å². The maximum Gasteiger partial charge on any atom is 0.131 e. The van der Waals surface area contributed by atoms with Crippen LogP contribution in [0.4, 0.5) is 4.39 Å². The van der Waals surface area contributed by atoms with Gasteiger partial charge >= 0.3 is 0 Å². The van der Waals surface area contributed by atoms with Gasteiger partial charge in [-0.25, -0.2) is 4.39 Å². The van der Waals surface area contributed by atoms with E-state index in [2.05, 4.69) is 6.58 Å². The van der Waals surface area contributed by atoms with Crippen LogP contribution in [0.15, 0.2) is 30.9 Å². The molecular weight excluding hydrogens is 229 g/mol. The summed E-state index contributed by atoms with van der Waals surface area (Å²) in [7, 11) is 1.51. The Morgan fingerprint density at radius 1 is 1.56 bits per heavy atom. The van der Waals surface area contributed by atoms with Crippen LogP contribution in [0.5, 0.6) is 5.75 Å². The van der Waals surface area contributed by atoms with Crippen molar-refractivity contribution in [1.82, 2.24) is 0 Å². The maximum atomic E-state index is 13.5. The molecule has 0 radical (unpaired) electrons. The van der Waals surface area contributed by atoms with Crippen molar-refractivity contribution in [2.45, 2.75) is 18.9 Å². The van der Waals surface area contributed by atoms with Crippen LogP contribution in [0.25, 0.3) is 0 Å². The fourth-order valence-corrected chi connectivity index (χ4v) is 1.39. The zero-order valence-electron chi connectivity index (χ0n) is 9.28. The Kier molecular flexibility index (Phi) is 6.77. The van der Waals surface area contributed by atoms with Crippen molar-refractivity contribution in [2.24, 2.45) is 5.73 Å². The van der Waals surface area contributed by atoms with Crippen LogP contribution in [0, 0.1) is 5.82 Å². The van der Waals surface area contributed by atoms with Crippen LogP contribution in [0.1, 0.15) is 24.4 Å². The highest BCUT2D eigenvalue weighted by atomic mass is 35.5. The highest BCUT2D eigenvalue weighted by molar-refractivity contribution is 5.85. The van der Waals surface area contributed by atoms with E-state index >= 15 is 0 Å². The Morgan fingerprint density at radius 3 is 2.75 bits per heavy atom. The normalized spacial score (nSPS) is 11.4. The van der Waals surface area contributed by atoms with E-state index in [9.17, 15) is 4.39 Å². The zero-order chi connectivity index (χ0) is 11.3. The van der Waals surface area contributed by atoms with Gasteiger partial charge in [-0.2, -0.15) is 0 Å². The lowest BCUT2D eigenvalue weighted by Crippen LogP contribution is -2.11. The van der Waals surface area contributed by atoms with Crippen molar-refractivity contribution >= 4 is 12.4 Å². The molecule has 1 aromatic carbocycles. The molecule has 0 aliphatic rings. The quantitative estimate of drug-likeness (QED) is 0.809. The summed E-state index contributed by atoms with van der Waals surface area (Å²) in [5.74, 6) is 0.193. The summed E-state index contributed by atoms with van der Waals surface area (Å²) in [5, 5.41) is 0. The molecule has 1 atom stereocenters. The first-order valence-corrected chi connectivity index (χ1v) is 4.89. The molecule has 2 nitrogen and oxygen atoms in total. The van der Waals surface area contributed by atoms with Gasteiger partial charge in [0.25, 0.3) is 0 Å². The van der Waals surface area contributed by atoms with Crippen LogP contribution >= 0.6 is 12.4 Å². The molecule has 1 rings (SSSR count). The smallest absolute Gasteiger partial charge is 0.131 e. The number of allylic oxidation sites excluding steroid dienone is 1. The SMILES string of the molecule is C=CCC[C@H](N)c1ccc(OC)cc1F.Cl. The van der Waals surface area contributed by atoms with E-state index in [4.69, 9.17) is 10.5 Å². The second kappa shape index (κ2) is 7.25. The lowest BCUT2D eigenvalue weighted by molar-refractivity contribution is 0.410. The van der Waals surface area contributed by atoms with Crippen LogP contribution in [0.2, 0.25) is 0 Å². The van der Waals surface area contributed by atoms with Crippen LogP contribution in [0.3, 0.4) is 0 Å². The fourth-order valence-electron chi connectivity index (χ4n) is 1.39. The minimum Gasteiger partial charge on any atom is -0.497 e. The lowest BCUT2D eigenvalue weighted by atomic mass is 10.0. The van der Waals surface area contributed by atoms with Gasteiger partial charge in [0.05, 0.1) is 7.11 Å². The molecule has 0 unspecified atom stereocenters. The third-order valence-corrected chi connectivity index (χ3v) is 2.29. The molecule has 1 aromatic rings. The Morgan fingerprint density at radius 2 is 2.25 bits per heavy atom. The predicted molar refractivity (Wildman–Crippen MR) is 66.6 cm³/mol. The monoisotopic (exact) mass is 245 g/mol. The van der Waals surface area contributed by atoms with Gasteiger partial charge in [-0.1, -0.05) is 12.1 Å². The summed E-state index contributed by atoms with van der Waals surface area (Å²) in [5.41, 5.74) is 6.37. The number of benzene rings is 1. The largest absolute Gasteiger partial charge is 0.497 e. The van der Waals surface area contributed by atoms with Gasteiger partial charge in [-0.3, -0.25) is 0 Å². The minimum absolute atomic E-state index is 0. The van der Waals surface area contributed by atoms with Gasteiger partial charge in [0, 0.05) is 17.7 Å². The van der Waals surface area contributed by atoms with Crippen molar-refractivity contribution in [3.8, 4) is 5.75 Å². The molecule has 16 heavy (non-hydrogen) atoms. The molecule has 0 aliphatic heterocycles. The molecule has 0 aromatic heterocycles. The van der Waals surface area contributed by atoms with Gasteiger partial charge in [0.1, 0.15) is 11.6 Å². The molecule has 0 saturated carbocycles. The molecule has 0 saturated heterocycles. The summed E-state index contributed by atoms with van der Waals surface area (Å²) in [6.45, 7) is 3.61. The summed E-state index contributed by atoms with van der Waals surface area (Å²) >= 11 is 0. The molecule has 0 aliphatic carbocycles. The van der Waals surface area contributed by atoms with Crippen LogP contribution in [-0.4, -0.2) is 7.11 Å². The molecule has 0 fully saturated rings. The van der Waals surface area contributed by atoms with E-state index in [0.29, 0.717) is 17.7 Å². The summed E-state index contributed by atoms with van der Waals surface area (Å²) in [6, 6.07) is 4.45. The lowest BCUT2D eigenvalue weighted by Gasteiger charge is -2.12. The van der Waals surface area contributed by atoms with Gasteiger partial charge < -0.3 is 10.5 Å². The number of methoxy groups -OCH3 is 1. The molecule has 2 N–H and O–H groups in total. The third kappa shape index (κ3) is 3.83. The first kappa shape index (κ1) is 14.9. The van der Waals surface area contributed by atoms with Gasteiger partial charge in [0.2, 0.25) is 0 Å². The Hall–Kier alpha value is -1.06. The van der Waals surface area contributed by atoms with Crippen LogP contribution < -0.4 is 10.5 Å². The Labute approximate surface area is 102 Å². The second-order valence-corrected chi connectivity index (χ2v) is 3.36. The molecule has 0 bridgehead atoms. The summed E-state index contributed by atoms with van der Waals surface area (Å²) in [4.78, 5) is 0. The fraction of sp³-hybridized carbons (Fsp3) is 0.333. The Bertz CT molecular complexity index is 344. The van der Waals surface area contributed by atoms with Crippen molar-refractivity contribution in [3.05, 3.63) is 42.2 Å². The zero-order valence-corrected chi connectivity index (χ0v) is 10.1. The number of halogens is 2. The van der Waals surface area contributed by atoms with Crippen molar-refractivity contribution in [3.63, 3.8) is 0 Å². The molecule has 0 amide bonds. The Balaban J connectivity index is 0.00000225. The predicted octanol–water partition coefficient (Wildman–Crippen LogP) is 3.22. The molecular formula is C12H17ClFNO. The van der Waals surface area contributed by atoms with E-state index in [1.165, 1.54) is 13.2 Å². The van der Waals surface area contributed by atoms with Crippen LogP contribution in [-0.2, 0) is 0 Å². The first-order valence-electron chi connectivity index (χ1n) is 4.89. The molecule has 4 heteroatoms. The van der Waals surface area contributed by atoms with Gasteiger partial charge in [-0.05, 0) is 18.9 Å². The molecule has 0 heterocycles. The van der Waals surface area contributed by atoms with E-state index in [-0.39, 0.29) is 24.3 Å². The number of hydrogen-bond acceptors (Lipinski definition) is 2. The minimum atomic E-state index is -0.314. The molecule has 0 spiro atoms. The number of ether oxygens (including phenoxy) is 1. The maximum absolute atomic E-state index is 13.5. The van der Waals surface area contributed by atoms with E-state index in [1.807, 2.05) is 0 Å². The number of hydrogen-bond donors (Lipinski definition) is 1. The van der Waals surface area contributed by atoms with Crippen molar-refractivity contribution in [1.29, 1.82) is 0 Å². The highest BCUT2D eigenvalue weighted by Crippen LogP contribution is 2.23.